The van der Waals surface area contributed by atoms with Crippen molar-refractivity contribution < 1.29 is 19.1 Å². The van der Waals surface area contributed by atoms with Gasteiger partial charge in [0.15, 0.2) is 5.78 Å². The van der Waals surface area contributed by atoms with Gasteiger partial charge in [0.25, 0.3) is 5.91 Å². The molecule has 6 nitrogen and oxygen atoms in total. The second-order valence-corrected chi connectivity index (χ2v) is 6.98. The van der Waals surface area contributed by atoms with Crippen LogP contribution in [0, 0.1) is 5.41 Å². The predicted molar refractivity (Wildman–Crippen MR) is 89.7 cm³/mol. The number of imide groups is 1. The van der Waals surface area contributed by atoms with Crippen LogP contribution in [-0.2, 0) is 15.1 Å². The number of nitrogens with one attached hydrogen (secondary N) is 1. The molecule has 130 valence electrons. The van der Waals surface area contributed by atoms with E-state index < -0.39 is 22.9 Å². The van der Waals surface area contributed by atoms with Crippen LogP contribution < -0.4 is 10.1 Å². The molecular weight excluding hydrogens is 308 g/mol. The lowest BCUT2D eigenvalue weighted by molar-refractivity contribution is -0.137. The monoisotopic (exact) mass is 332 g/mol. The predicted octanol–water partition coefficient (Wildman–Crippen LogP) is 2.47. The normalized spacial score (nSPS) is 21.0. The number of hydrogen-bond acceptors (Lipinski definition) is 4. The largest absolute Gasteiger partial charge is 0.497 e. The maximum atomic E-state index is 12.9. The highest BCUT2D eigenvalue weighted by Gasteiger charge is 2.52. The number of amides is 3. The van der Waals surface area contributed by atoms with Gasteiger partial charge in [0.05, 0.1) is 13.7 Å². The smallest absolute Gasteiger partial charge is 0.325 e. The zero-order chi connectivity index (χ0) is 18.1. The molecule has 1 N–H and O–H groups in total. The van der Waals surface area contributed by atoms with Crippen molar-refractivity contribution >= 4 is 17.7 Å². The summed E-state index contributed by atoms with van der Waals surface area (Å²) in [5.41, 5.74) is -1.07. The Kier molecular flexibility index (Phi) is 4.69. The van der Waals surface area contributed by atoms with Crippen LogP contribution in [0.3, 0.4) is 0 Å². The van der Waals surface area contributed by atoms with Gasteiger partial charge in [-0.25, -0.2) is 4.79 Å². The fraction of sp³-hybridized carbons (Fsp3) is 0.500. The summed E-state index contributed by atoms with van der Waals surface area (Å²) in [6, 6.07) is 6.48. The summed E-state index contributed by atoms with van der Waals surface area (Å²) in [6.07, 6.45) is 0.393. The average molecular weight is 332 g/mol. The SMILES string of the molecule is CC[C@@]1(c2ccc(OC)cc2)NC(=O)N(CC(=O)C(C)(C)C)C1=O. The van der Waals surface area contributed by atoms with E-state index in [1.807, 2.05) is 6.92 Å². The first-order chi connectivity index (χ1) is 11.2. The van der Waals surface area contributed by atoms with Crippen LogP contribution in [0.5, 0.6) is 5.75 Å². The van der Waals surface area contributed by atoms with Gasteiger partial charge < -0.3 is 10.1 Å². The molecule has 0 radical (unpaired) electrons. The molecule has 1 aromatic carbocycles. The number of nitrogens with zero attached hydrogens (tertiary/aromatic N) is 1. The topological polar surface area (TPSA) is 75.7 Å². The Morgan fingerprint density at radius 3 is 2.25 bits per heavy atom. The van der Waals surface area contributed by atoms with E-state index in [4.69, 9.17) is 4.74 Å². The van der Waals surface area contributed by atoms with Crippen LogP contribution in [0.2, 0.25) is 0 Å². The Morgan fingerprint density at radius 1 is 1.21 bits per heavy atom. The maximum Gasteiger partial charge on any atom is 0.325 e. The first-order valence-electron chi connectivity index (χ1n) is 7.97. The summed E-state index contributed by atoms with van der Waals surface area (Å²) in [5.74, 6) is 0.118. The van der Waals surface area contributed by atoms with Gasteiger partial charge in [-0.05, 0) is 24.1 Å². The van der Waals surface area contributed by atoms with Crippen molar-refractivity contribution in [1.82, 2.24) is 10.2 Å². The van der Waals surface area contributed by atoms with Crippen molar-refractivity contribution in [3.05, 3.63) is 29.8 Å². The first kappa shape index (κ1) is 18.0. The number of Topliss-reactive ketones (excluding diaryl/α,β-unsaturated/α-hetero) is 1. The third kappa shape index (κ3) is 3.00. The minimum atomic E-state index is -1.14. The molecule has 6 heteroatoms. The van der Waals surface area contributed by atoms with Gasteiger partial charge in [-0.15, -0.1) is 0 Å². The summed E-state index contributed by atoms with van der Waals surface area (Å²) >= 11 is 0. The molecule has 1 atom stereocenters. The fourth-order valence-corrected chi connectivity index (χ4v) is 2.67. The number of carbonyl (C=O) groups excluding carboxylic acids is 3. The first-order valence-corrected chi connectivity index (χ1v) is 7.97. The van der Waals surface area contributed by atoms with Crippen LogP contribution in [0.1, 0.15) is 39.7 Å². The second kappa shape index (κ2) is 6.26. The van der Waals surface area contributed by atoms with Crippen LogP contribution in [-0.4, -0.2) is 36.3 Å². The number of urea groups is 1. The number of methoxy groups -OCH3 is 1. The number of hydrogen-bond donors (Lipinski definition) is 1. The van der Waals surface area contributed by atoms with Gasteiger partial charge in [-0.2, -0.15) is 0 Å². The lowest BCUT2D eigenvalue weighted by Gasteiger charge is -2.26. The van der Waals surface area contributed by atoms with Crippen molar-refractivity contribution in [2.75, 3.05) is 13.7 Å². The molecule has 0 unspecified atom stereocenters. The summed E-state index contributed by atoms with van der Waals surface area (Å²) in [7, 11) is 1.56. The molecule has 24 heavy (non-hydrogen) atoms. The van der Waals surface area contributed by atoms with Gasteiger partial charge in [0, 0.05) is 5.41 Å². The highest BCUT2D eigenvalue weighted by molar-refractivity contribution is 6.09. The van der Waals surface area contributed by atoms with E-state index in [1.165, 1.54) is 0 Å². The van der Waals surface area contributed by atoms with Crippen molar-refractivity contribution in [2.45, 2.75) is 39.7 Å². The van der Waals surface area contributed by atoms with Gasteiger partial charge in [-0.3, -0.25) is 14.5 Å². The Bertz CT molecular complexity index is 661. The molecule has 1 aliphatic rings. The molecule has 1 fully saturated rings. The minimum Gasteiger partial charge on any atom is -0.497 e. The molecule has 1 aliphatic heterocycles. The van der Waals surface area contributed by atoms with Crippen molar-refractivity contribution in [3.8, 4) is 5.75 Å². The molecule has 0 spiro atoms. The van der Waals surface area contributed by atoms with E-state index >= 15 is 0 Å². The quantitative estimate of drug-likeness (QED) is 0.841. The van der Waals surface area contributed by atoms with E-state index in [0.717, 1.165) is 4.90 Å². The minimum absolute atomic E-state index is 0.160. The lowest BCUT2D eigenvalue weighted by Crippen LogP contribution is -2.44. The van der Waals surface area contributed by atoms with Crippen molar-refractivity contribution in [2.24, 2.45) is 5.41 Å². The molecule has 3 amide bonds. The lowest BCUT2D eigenvalue weighted by atomic mass is 9.86. The summed E-state index contributed by atoms with van der Waals surface area (Å²) in [5, 5.41) is 2.77. The van der Waals surface area contributed by atoms with Crippen LogP contribution >= 0.6 is 0 Å². The Labute approximate surface area is 142 Å². The van der Waals surface area contributed by atoms with E-state index in [-0.39, 0.29) is 12.3 Å². The molecule has 0 bridgehead atoms. The molecule has 1 saturated heterocycles. The summed E-state index contributed by atoms with van der Waals surface area (Å²) < 4.78 is 5.13. The van der Waals surface area contributed by atoms with Gasteiger partial charge in [-0.1, -0.05) is 39.8 Å². The number of benzene rings is 1. The van der Waals surface area contributed by atoms with Crippen molar-refractivity contribution in [1.29, 1.82) is 0 Å². The third-order valence-corrected chi connectivity index (χ3v) is 4.43. The highest BCUT2D eigenvalue weighted by Crippen LogP contribution is 2.33. The number of ketones is 1. The number of ether oxygens (including phenoxy) is 1. The Balaban J connectivity index is 2.34. The van der Waals surface area contributed by atoms with Crippen LogP contribution in [0.25, 0.3) is 0 Å². The number of carbonyl (C=O) groups is 3. The highest BCUT2D eigenvalue weighted by atomic mass is 16.5. The van der Waals surface area contributed by atoms with Gasteiger partial charge in [0.1, 0.15) is 11.3 Å². The van der Waals surface area contributed by atoms with E-state index in [1.54, 1.807) is 52.1 Å². The third-order valence-electron chi connectivity index (χ3n) is 4.43. The molecule has 2 rings (SSSR count). The molecule has 1 heterocycles. The number of rotatable bonds is 5. The fourth-order valence-electron chi connectivity index (χ4n) is 2.67. The maximum absolute atomic E-state index is 12.9. The standard InChI is InChI=1S/C18H24N2O4/c1-6-18(12-7-9-13(24-5)10-8-12)15(22)20(16(23)19-18)11-14(21)17(2,3)4/h7-10H,6,11H2,1-5H3,(H,19,23)/t18-/m0/s1. The van der Waals surface area contributed by atoms with Crippen LogP contribution in [0.4, 0.5) is 4.79 Å². The van der Waals surface area contributed by atoms with Crippen LogP contribution in [0.15, 0.2) is 24.3 Å². The van der Waals surface area contributed by atoms with Gasteiger partial charge in [0.2, 0.25) is 0 Å². The van der Waals surface area contributed by atoms with E-state index in [9.17, 15) is 14.4 Å². The summed E-state index contributed by atoms with van der Waals surface area (Å²) in [4.78, 5) is 38.5. The Morgan fingerprint density at radius 2 is 1.79 bits per heavy atom. The van der Waals surface area contributed by atoms with E-state index in [0.29, 0.717) is 17.7 Å². The van der Waals surface area contributed by atoms with Crippen molar-refractivity contribution in [3.63, 3.8) is 0 Å². The van der Waals surface area contributed by atoms with E-state index in [2.05, 4.69) is 5.32 Å². The zero-order valence-electron chi connectivity index (χ0n) is 14.8. The second-order valence-electron chi connectivity index (χ2n) is 6.98. The Hall–Kier alpha value is -2.37. The molecule has 0 aromatic heterocycles. The summed E-state index contributed by atoms with van der Waals surface area (Å²) in [6.45, 7) is 6.92. The molecular formula is C18H24N2O4. The molecule has 0 aliphatic carbocycles. The molecule has 1 aromatic rings. The zero-order valence-corrected chi connectivity index (χ0v) is 14.8. The van der Waals surface area contributed by atoms with Gasteiger partial charge >= 0.3 is 6.03 Å². The average Bonchev–Trinajstić information content (AvgIpc) is 2.79. The molecule has 0 saturated carbocycles.